The number of fused-ring (bicyclic) bond motifs is 1. The van der Waals surface area contributed by atoms with Gasteiger partial charge in [-0.05, 0) is 24.6 Å². The summed E-state index contributed by atoms with van der Waals surface area (Å²) in [6, 6.07) is 7.64. The van der Waals surface area contributed by atoms with Crippen LogP contribution in [0.4, 0.5) is 13.2 Å². The van der Waals surface area contributed by atoms with Crippen molar-refractivity contribution in [2.24, 2.45) is 0 Å². The summed E-state index contributed by atoms with van der Waals surface area (Å²) in [6.07, 6.45) is 0. The summed E-state index contributed by atoms with van der Waals surface area (Å²) in [7, 11) is 0. The van der Waals surface area contributed by atoms with Gasteiger partial charge in [-0.3, -0.25) is 4.79 Å². The Kier molecular flexibility index (Phi) is 4.98. The standard InChI is InChI=1S/C17H14F3N3OS/c1-9(10-2-4-11(18)5-3-10)21-16(24)8-25-17-22-14-6-12(19)13(20)7-15(14)23-17/h2-7,9H,8H2,1H3,(H,21,24)(H,22,23). The molecule has 0 saturated heterocycles. The second-order valence-corrected chi connectivity index (χ2v) is 6.42. The summed E-state index contributed by atoms with van der Waals surface area (Å²) in [5.74, 6) is -2.42. The Bertz CT molecular complexity index is 872. The van der Waals surface area contributed by atoms with Crippen LogP contribution in [0.3, 0.4) is 0 Å². The lowest BCUT2D eigenvalue weighted by atomic mass is 10.1. The van der Waals surface area contributed by atoms with E-state index in [2.05, 4.69) is 15.3 Å². The third kappa shape index (κ3) is 4.14. The van der Waals surface area contributed by atoms with Crippen molar-refractivity contribution in [2.75, 3.05) is 5.75 Å². The van der Waals surface area contributed by atoms with Crippen molar-refractivity contribution in [3.8, 4) is 0 Å². The Balaban J connectivity index is 1.59. The van der Waals surface area contributed by atoms with Gasteiger partial charge in [-0.15, -0.1) is 0 Å². The van der Waals surface area contributed by atoms with Gasteiger partial charge in [0.25, 0.3) is 0 Å². The predicted molar refractivity (Wildman–Crippen MR) is 89.7 cm³/mol. The molecule has 2 aromatic carbocycles. The van der Waals surface area contributed by atoms with Crippen LogP contribution in [-0.2, 0) is 4.79 Å². The van der Waals surface area contributed by atoms with E-state index in [-0.39, 0.29) is 23.5 Å². The number of nitrogens with one attached hydrogen (secondary N) is 2. The highest BCUT2D eigenvalue weighted by molar-refractivity contribution is 7.99. The van der Waals surface area contributed by atoms with Crippen molar-refractivity contribution in [2.45, 2.75) is 18.1 Å². The molecule has 0 aliphatic heterocycles. The molecule has 0 bridgehead atoms. The van der Waals surface area contributed by atoms with Gasteiger partial charge in [0, 0.05) is 12.1 Å². The van der Waals surface area contributed by atoms with E-state index in [0.29, 0.717) is 16.2 Å². The molecular formula is C17H14F3N3OS. The fourth-order valence-corrected chi connectivity index (χ4v) is 3.00. The molecule has 0 saturated carbocycles. The summed E-state index contributed by atoms with van der Waals surface area (Å²) in [6.45, 7) is 1.79. The summed E-state index contributed by atoms with van der Waals surface area (Å²) in [5.41, 5.74) is 1.44. The number of thioether (sulfide) groups is 1. The first kappa shape index (κ1) is 17.3. The van der Waals surface area contributed by atoms with Gasteiger partial charge in [0.05, 0.1) is 22.8 Å². The second-order valence-electron chi connectivity index (χ2n) is 5.45. The van der Waals surface area contributed by atoms with Crippen molar-refractivity contribution >= 4 is 28.7 Å². The zero-order chi connectivity index (χ0) is 18.0. The number of nitrogens with zero attached hydrogens (tertiary/aromatic N) is 1. The lowest BCUT2D eigenvalue weighted by Crippen LogP contribution is -2.28. The van der Waals surface area contributed by atoms with E-state index in [9.17, 15) is 18.0 Å². The number of imidazole rings is 1. The predicted octanol–water partition coefficient (Wildman–Crippen LogP) is 3.95. The van der Waals surface area contributed by atoms with E-state index in [1.807, 2.05) is 0 Å². The fraction of sp³-hybridized carbons (Fsp3) is 0.176. The maximum absolute atomic E-state index is 13.2. The number of amides is 1. The van der Waals surface area contributed by atoms with Gasteiger partial charge in [-0.25, -0.2) is 18.2 Å². The molecule has 0 fully saturated rings. The number of halogens is 3. The molecule has 1 aromatic heterocycles. The molecular weight excluding hydrogens is 351 g/mol. The molecule has 1 amide bonds. The van der Waals surface area contributed by atoms with Crippen LogP contribution in [0.5, 0.6) is 0 Å². The van der Waals surface area contributed by atoms with Crippen molar-refractivity contribution in [1.82, 2.24) is 15.3 Å². The van der Waals surface area contributed by atoms with E-state index >= 15 is 0 Å². The van der Waals surface area contributed by atoms with Crippen LogP contribution >= 0.6 is 11.8 Å². The number of aromatic amines is 1. The lowest BCUT2D eigenvalue weighted by Gasteiger charge is -2.13. The molecule has 3 aromatic rings. The van der Waals surface area contributed by atoms with Gasteiger partial charge in [-0.2, -0.15) is 0 Å². The molecule has 1 unspecified atom stereocenters. The highest BCUT2D eigenvalue weighted by Crippen LogP contribution is 2.22. The first-order chi connectivity index (χ1) is 11.9. The largest absolute Gasteiger partial charge is 0.349 e. The molecule has 130 valence electrons. The van der Waals surface area contributed by atoms with E-state index in [0.717, 1.165) is 29.5 Å². The molecule has 4 nitrogen and oxygen atoms in total. The van der Waals surface area contributed by atoms with Gasteiger partial charge < -0.3 is 10.3 Å². The highest BCUT2D eigenvalue weighted by Gasteiger charge is 2.13. The van der Waals surface area contributed by atoms with E-state index in [1.54, 1.807) is 19.1 Å². The average Bonchev–Trinajstić information content (AvgIpc) is 2.95. The fourth-order valence-electron chi connectivity index (χ4n) is 2.30. The van der Waals surface area contributed by atoms with Gasteiger partial charge in [0.15, 0.2) is 16.8 Å². The van der Waals surface area contributed by atoms with Crippen molar-refractivity contribution in [3.63, 3.8) is 0 Å². The van der Waals surface area contributed by atoms with Crippen molar-refractivity contribution in [3.05, 3.63) is 59.4 Å². The third-order valence-corrected chi connectivity index (χ3v) is 4.46. The van der Waals surface area contributed by atoms with Gasteiger partial charge in [0.2, 0.25) is 5.91 Å². The molecule has 2 N–H and O–H groups in total. The van der Waals surface area contributed by atoms with Crippen LogP contribution in [0, 0.1) is 17.5 Å². The monoisotopic (exact) mass is 365 g/mol. The van der Waals surface area contributed by atoms with Crippen LogP contribution in [0.1, 0.15) is 18.5 Å². The number of rotatable bonds is 5. The topological polar surface area (TPSA) is 57.8 Å². The quantitative estimate of drug-likeness (QED) is 0.673. The number of carbonyl (C=O) groups is 1. The Hall–Kier alpha value is -2.48. The lowest BCUT2D eigenvalue weighted by molar-refractivity contribution is -0.119. The number of benzene rings is 2. The van der Waals surface area contributed by atoms with Gasteiger partial charge in [0.1, 0.15) is 5.82 Å². The Morgan fingerprint density at radius 1 is 1.20 bits per heavy atom. The number of hydrogen-bond donors (Lipinski definition) is 2. The van der Waals surface area contributed by atoms with E-state index in [4.69, 9.17) is 0 Å². The van der Waals surface area contributed by atoms with Crippen molar-refractivity contribution < 1.29 is 18.0 Å². The molecule has 0 aliphatic carbocycles. The first-order valence-corrected chi connectivity index (χ1v) is 8.43. The minimum absolute atomic E-state index is 0.0797. The molecule has 0 spiro atoms. The number of hydrogen-bond acceptors (Lipinski definition) is 3. The van der Waals surface area contributed by atoms with E-state index < -0.39 is 11.6 Å². The second kappa shape index (κ2) is 7.18. The van der Waals surface area contributed by atoms with Crippen LogP contribution in [0.2, 0.25) is 0 Å². The average molecular weight is 365 g/mol. The molecule has 1 atom stereocenters. The number of aromatic nitrogens is 2. The number of carbonyl (C=O) groups excluding carboxylic acids is 1. The molecule has 25 heavy (non-hydrogen) atoms. The van der Waals surface area contributed by atoms with Crippen LogP contribution in [0.15, 0.2) is 41.6 Å². The van der Waals surface area contributed by atoms with Crippen LogP contribution in [-0.4, -0.2) is 21.6 Å². The third-order valence-electron chi connectivity index (χ3n) is 3.59. The van der Waals surface area contributed by atoms with Crippen LogP contribution < -0.4 is 5.32 Å². The summed E-state index contributed by atoms with van der Waals surface area (Å²) < 4.78 is 39.3. The molecule has 8 heteroatoms. The minimum atomic E-state index is -0.971. The zero-order valence-corrected chi connectivity index (χ0v) is 14.0. The summed E-state index contributed by atoms with van der Waals surface area (Å²) in [4.78, 5) is 19.0. The zero-order valence-electron chi connectivity index (χ0n) is 13.1. The SMILES string of the molecule is CC(NC(=O)CSc1nc2cc(F)c(F)cc2[nH]1)c1ccc(F)cc1. The smallest absolute Gasteiger partial charge is 0.230 e. The summed E-state index contributed by atoms with van der Waals surface area (Å²) >= 11 is 1.12. The molecule has 0 radical (unpaired) electrons. The maximum atomic E-state index is 13.2. The van der Waals surface area contributed by atoms with E-state index in [1.165, 1.54) is 12.1 Å². The number of H-pyrrole nitrogens is 1. The minimum Gasteiger partial charge on any atom is -0.349 e. The highest BCUT2D eigenvalue weighted by atomic mass is 32.2. The Morgan fingerprint density at radius 3 is 2.60 bits per heavy atom. The van der Waals surface area contributed by atoms with Crippen molar-refractivity contribution in [1.29, 1.82) is 0 Å². The Morgan fingerprint density at radius 2 is 1.88 bits per heavy atom. The molecule has 3 rings (SSSR count). The molecule has 1 heterocycles. The van der Waals surface area contributed by atoms with Gasteiger partial charge in [-0.1, -0.05) is 23.9 Å². The Labute approximate surface area is 145 Å². The normalized spacial score (nSPS) is 12.3. The first-order valence-electron chi connectivity index (χ1n) is 7.45. The maximum Gasteiger partial charge on any atom is 0.230 e. The van der Waals surface area contributed by atoms with Crippen LogP contribution in [0.25, 0.3) is 11.0 Å². The molecule has 0 aliphatic rings. The summed E-state index contributed by atoms with van der Waals surface area (Å²) in [5, 5.41) is 3.19. The van der Waals surface area contributed by atoms with Gasteiger partial charge >= 0.3 is 0 Å².